The predicted molar refractivity (Wildman–Crippen MR) is 82.3 cm³/mol. The van der Waals surface area contributed by atoms with E-state index >= 15 is 0 Å². The van der Waals surface area contributed by atoms with E-state index in [9.17, 15) is 4.79 Å². The van der Waals surface area contributed by atoms with Crippen LogP contribution in [-0.2, 0) is 4.79 Å². The van der Waals surface area contributed by atoms with E-state index in [1.54, 1.807) is 0 Å². The van der Waals surface area contributed by atoms with Gasteiger partial charge in [-0.1, -0.05) is 76.7 Å². The van der Waals surface area contributed by atoms with Crippen molar-refractivity contribution in [2.75, 3.05) is 0 Å². The van der Waals surface area contributed by atoms with E-state index < -0.39 is 0 Å². The molecule has 1 heteroatoms. The van der Waals surface area contributed by atoms with Crippen molar-refractivity contribution in [2.24, 2.45) is 5.41 Å². The molecule has 0 aliphatic rings. The number of ketones is 1. The molecule has 0 bridgehead atoms. The summed E-state index contributed by atoms with van der Waals surface area (Å²) in [6.07, 6.45) is 2.52. The Hall–Kier alpha value is -0.330. The van der Waals surface area contributed by atoms with Crippen molar-refractivity contribution in [3.05, 3.63) is 0 Å². The van der Waals surface area contributed by atoms with E-state index in [-0.39, 0.29) is 28.1 Å². The third kappa shape index (κ3) is 308. The maximum atomic E-state index is 9.44. The molecule has 0 amide bonds. The molecule has 0 aliphatic heterocycles. The largest absolute Gasteiger partial charge is 0.300 e. The Labute approximate surface area is 107 Å². The molecule has 0 atom stereocenters. The first-order chi connectivity index (χ1) is 5.71. The van der Waals surface area contributed by atoms with Crippen molar-refractivity contribution in [1.82, 2.24) is 0 Å². The highest BCUT2D eigenvalue weighted by Gasteiger charge is 2.03. The summed E-state index contributed by atoms with van der Waals surface area (Å²) in [5, 5.41) is 0. The van der Waals surface area contributed by atoms with Gasteiger partial charge < -0.3 is 4.79 Å². The molecule has 0 aliphatic carbocycles. The SMILES string of the molecule is C.C.C.CC(C)=O.CCC.CCC(C)(C)C. The zero-order chi connectivity index (χ0) is 11.5. The summed E-state index contributed by atoms with van der Waals surface area (Å²) in [5.74, 6) is 0.167. The standard InChI is InChI=1S/C6H14.C3H6O.C3H8.3CH4/c1-5-6(2,3)4;1-3(2)4;1-3-2;;;/h5H2,1-4H3;1-2H3;3H2,1-2H3;3*1H4. The molecule has 0 aromatic rings. The molecule has 0 heterocycles. The average molecular weight is 236 g/mol. The summed E-state index contributed by atoms with van der Waals surface area (Å²) in [4.78, 5) is 9.44. The van der Waals surface area contributed by atoms with Gasteiger partial charge in [-0.05, 0) is 19.3 Å². The van der Waals surface area contributed by atoms with Crippen LogP contribution in [0.3, 0.4) is 0 Å². The molecule has 0 spiro atoms. The fourth-order valence-corrected chi connectivity index (χ4v) is 0. The Bertz CT molecular complexity index is 94.5. The first-order valence-electron chi connectivity index (χ1n) is 5.18. The zero-order valence-corrected chi connectivity index (χ0v) is 10.8. The Morgan fingerprint density at radius 1 is 0.875 bits per heavy atom. The highest BCUT2D eigenvalue weighted by molar-refractivity contribution is 5.72. The molecule has 0 N–H and O–H groups in total. The molecule has 0 aromatic heterocycles. The Balaban J connectivity index is -0.0000000226. The first kappa shape index (κ1) is 36.1. The molecule has 0 unspecified atom stereocenters. The van der Waals surface area contributed by atoms with Gasteiger partial charge in [0.1, 0.15) is 5.78 Å². The fourth-order valence-electron chi connectivity index (χ4n) is 0. The van der Waals surface area contributed by atoms with Crippen LogP contribution in [0.25, 0.3) is 0 Å². The van der Waals surface area contributed by atoms with Crippen LogP contribution < -0.4 is 0 Å². The van der Waals surface area contributed by atoms with E-state index in [1.165, 1.54) is 26.7 Å². The van der Waals surface area contributed by atoms with Gasteiger partial charge in [-0.25, -0.2) is 0 Å². The van der Waals surface area contributed by atoms with Gasteiger partial charge in [0.15, 0.2) is 0 Å². The lowest BCUT2D eigenvalue weighted by Gasteiger charge is -2.12. The second-order valence-electron chi connectivity index (χ2n) is 4.53. The lowest BCUT2D eigenvalue weighted by Crippen LogP contribution is -2.00. The van der Waals surface area contributed by atoms with Gasteiger partial charge in [0.25, 0.3) is 0 Å². The smallest absolute Gasteiger partial charge is 0.126 e. The van der Waals surface area contributed by atoms with Crippen molar-refractivity contribution in [1.29, 1.82) is 0 Å². The maximum absolute atomic E-state index is 9.44. The van der Waals surface area contributed by atoms with Crippen molar-refractivity contribution in [2.45, 2.75) is 90.5 Å². The van der Waals surface area contributed by atoms with E-state index in [0.717, 1.165) is 0 Å². The topological polar surface area (TPSA) is 17.1 Å². The van der Waals surface area contributed by atoms with Gasteiger partial charge in [-0.15, -0.1) is 0 Å². The van der Waals surface area contributed by atoms with Crippen LogP contribution in [0.4, 0.5) is 0 Å². The van der Waals surface area contributed by atoms with E-state index in [1.807, 2.05) is 0 Å². The third-order valence-electron chi connectivity index (χ3n) is 1.06. The molecule has 0 saturated carbocycles. The molecule has 16 heavy (non-hydrogen) atoms. The lowest BCUT2D eigenvalue weighted by molar-refractivity contribution is -0.114. The van der Waals surface area contributed by atoms with Crippen LogP contribution in [0.5, 0.6) is 0 Å². The molecule has 1 nitrogen and oxygen atoms in total. The van der Waals surface area contributed by atoms with Crippen LogP contribution in [0.1, 0.15) is 90.5 Å². The number of Topliss-reactive ketones (excluding diaryl/α,β-unsaturated/α-hetero) is 1. The minimum Gasteiger partial charge on any atom is -0.300 e. The van der Waals surface area contributed by atoms with Gasteiger partial charge in [0.2, 0.25) is 0 Å². The average Bonchev–Trinajstić information content (AvgIpc) is 1.86. The summed E-state index contributed by atoms with van der Waals surface area (Å²) in [6.45, 7) is 16.2. The molecular formula is C15H40O. The molecule has 0 fully saturated rings. The van der Waals surface area contributed by atoms with Gasteiger partial charge in [0.05, 0.1) is 0 Å². The monoisotopic (exact) mass is 236 g/mol. The molecule has 0 radical (unpaired) electrons. The summed E-state index contributed by atoms with van der Waals surface area (Å²) < 4.78 is 0. The van der Waals surface area contributed by atoms with Crippen LogP contribution in [0.15, 0.2) is 0 Å². The summed E-state index contributed by atoms with van der Waals surface area (Å²) >= 11 is 0. The quantitative estimate of drug-likeness (QED) is 0.478. The number of rotatable bonds is 0. The number of hydrogen-bond donors (Lipinski definition) is 0. The number of carbonyl (C=O) groups is 1. The third-order valence-corrected chi connectivity index (χ3v) is 1.06. The first-order valence-corrected chi connectivity index (χ1v) is 5.18. The van der Waals surface area contributed by atoms with E-state index in [4.69, 9.17) is 0 Å². The van der Waals surface area contributed by atoms with E-state index in [0.29, 0.717) is 5.41 Å². The highest BCUT2D eigenvalue weighted by atomic mass is 16.1. The molecule has 106 valence electrons. The lowest BCUT2D eigenvalue weighted by atomic mass is 9.94. The van der Waals surface area contributed by atoms with Crippen LogP contribution in [0, 0.1) is 5.41 Å². The number of carbonyl (C=O) groups excluding carboxylic acids is 1. The van der Waals surface area contributed by atoms with Crippen LogP contribution in [-0.4, -0.2) is 5.78 Å². The molecule has 0 rings (SSSR count). The van der Waals surface area contributed by atoms with Gasteiger partial charge in [-0.2, -0.15) is 0 Å². The summed E-state index contributed by atoms with van der Waals surface area (Å²) in [6, 6.07) is 0. The molecule has 0 saturated heterocycles. The summed E-state index contributed by atoms with van der Waals surface area (Å²) in [5.41, 5.74) is 0.542. The Kier molecular flexibility index (Phi) is 54.3. The van der Waals surface area contributed by atoms with E-state index in [2.05, 4.69) is 41.5 Å². The minimum absolute atomic E-state index is 0. The Morgan fingerprint density at radius 3 is 0.938 bits per heavy atom. The normalized spacial score (nSPS) is 7.25. The number of hydrogen-bond acceptors (Lipinski definition) is 1. The Morgan fingerprint density at radius 2 is 0.938 bits per heavy atom. The molecule has 0 aromatic carbocycles. The van der Waals surface area contributed by atoms with Crippen LogP contribution >= 0.6 is 0 Å². The second kappa shape index (κ2) is 24.1. The summed E-state index contributed by atoms with van der Waals surface area (Å²) in [7, 11) is 0. The predicted octanol–water partition coefficient (Wildman–Crippen LogP) is 6.36. The van der Waals surface area contributed by atoms with Crippen LogP contribution in [0.2, 0.25) is 0 Å². The van der Waals surface area contributed by atoms with Gasteiger partial charge >= 0.3 is 0 Å². The second-order valence-corrected chi connectivity index (χ2v) is 4.53. The van der Waals surface area contributed by atoms with Gasteiger partial charge in [0, 0.05) is 0 Å². The fraction of sp³-hybridized carbons (Fsp3) is 0.933. The minimum atomic E-state index is 0. The van der Waals surface area contributed by atoms with Crippen molar-refractivity contribution in [3.8, 4) is 0 Å². The zero-order valence-electron chi connectivity index (χ0n) is 10.8. The maximum Gasteiger partial charge on any atom is 0.126 e. The highest BCUT2D eigenvalue weighted by Crippen LogP contribution is 2.16. The van der Waals surface area contributed by atoms with Gasteiger partial charge in [-0.3, -0.25) is 0 Å². The van der Waals surface area contributed by atoms with Crippen molar-refractivity contribution in [3.63, 3.8) is 0 Å². The van der Waals surface area contributed by atoms with Crippen molar-refractivity contribution < 1.29 is 4.79 Å². The van der Waals surface area contributed by atoms with Crippen molar-refractivity contribution >= 4 is 5.78 Å². The molecular weight excluding hydrogens is 196 g/mol.